The summed E-state index contributed by atoms with van der Waals surface area (Å²) in [7, 11) is 1.61. The molecule has 2 aromatic carbocycles. The van der Waals surface area contributed by atoms with Crippen molar-refractivity contribution in [2.75, 3.05) is 31.6 Å². The number of methoxy groups -OCH3 is 1. The SMILES string of the molecule is COc1ccc(C(=O)N2CCN(c3cc(Oc4ccccc4C)ncn3)CC2C)cc1. The minimum absolute atomic E-state index is 0.0288. The topological polar surface area (TPSA) is 67.8 Å². The number of amides is 1. The van der Waals surface area contributed by atoms with Gasteiger partial charge in [0.1, 0.15) is 23.6 Å². The van der Waals surface area contributed by atoms with Gasteiger partial charge in [0.15, 0.2) is 0 Å². The smallest absolute Gasteiger partial charge is 0.254 e. The van der Waals surface area contributed by atoms with Gasteiger partial charge in [0.2, 0.25) is 5.88 Å². The molecule has 0 N–H and O–H groups in total. The average molecular weight is 418 g/mol. The molecule has 1 atom stereocenters. The molecule has 3 aromatic rings. The molecule has 31 heavy (non-hydrogen) atoms. The fourth-order valence-electron chi connectivity index (χ4n) is 3.71. The lowest BCUT2D eigenvalue weighted by Crippen LogP contribution is -2.54. The van der Waals surface area contributed by atoms with Crippen molar-refractivity contribution in [2.45, 2.75) is 19.9 Å². The number of rotatable bonds is 5. The summed E-state index contributed by atoms with van der Waals surface area (Å²) in [5.74, 6) is 2.84. The normalized spacial score (nSPS) is 16.2. The highest BCUT2D eigenvalue weighted by molar-refractivity contribution is 5.94. The van der Waals surface area contributed by atoms with Crippen LogP contribution in [0.2, 0.25) is 0 Å². The van der Waals surface area contributed by atoms with Gasteiger partial charge in [0.05, 0.1) is 7.11 Å². The fraction of sp³-hybridized carbons (Fsp3) is 0.292. The molecular formula is C24H26N4O3. The van der Waals surface area contributed by atoms with Gasteiger partial charge in [-0.15, -0.1) is 0 Å². The lowest BCUT2D eigenvalue weighted by Gasteiger charge is -2.40. The van der Waals surface area contributed by atoms with Crippen LogP contribution in [0.5, 0.6) is 17.4 Å². The molecule has 7 heteroatoms. The Bertz CT molecular complexity index is 1050. The number of hydrogen-bond acceptors (Lipinski definition) is 6. The van der Waals surface area contributed by atoms with Gasteiger partial charge >= 0.3 is 0 Å². The van der Waals surface area contributed by atoms with E-state index in [0.29, 0.717) is 31.1 Å². The van der Waals surface area contributed by atoms with Gasteiger partial charge in [-0.3, -0.25) is 4.79 Å². The predicted octanol–water partition coefficient (Wildman–Crippen LogP) is 3.94. The van der Waals surface area contributed by atoms with E-state index in [4.69, 9.17) is 9.47 Å². The van der Waals surface area contributed by atoms with E-state index in [1.54, 1.807) is 19.2 Å². The van der Waals surface area contributed by atoms with Gasteiger partial charge in [0.25, 0.3) is 5.91 Å². The molecule has 1 amide bonds. The number of para-hydroxylation sites is 1. The summed E-state index contributed by atoms with van der Waals surface area (Å²) in [5.41, 5.74) is 1.71. The summed E-state index contributed by atoms with van der Waals surface area (Å²) >= 11 is 0. The fourth-order valence-corrected chi connectivity index (χ4v) is 3.71. The summed E-state index contributed by atoms with van der Waals surface area (Å²) in [5, 5.41) is 0. The summed E-state index contributed by atoms with van der Waals surface area (Å²) in [6.45, 7) is 6.04. The molecule has 0 saturated carbocycles. The number of anilines is 1. The Labute approximate surface area is 182 Å². The molecule has 0 radical (unpaired) electrons. The maximum Gasteiger partial charge on any atom is 0.254 e. The summed E-state index contributed by atoms with van der Waals surface area (Å²) in [4.78, 5) is 25.7. The van der Waals surface area contributed by atoms with Crippen molar-refractivity contribution in [3.8, 4) is 17.4 Å². The number of ether oxygens (including phenoxy) is 2. The number of hydrogen-bond donors (Lipinski definition) is 0. The van der Waals surface area contributed by atoms with E-state index >= 15 is 0 Å². The molecular weight excluding hydrogens is 392 g/mol. The molecule has 4 rings (SSSR count). The second-order valence-corrected chi connectivity index (χ2v) is 7.60. The van der Waals surface area contributed by atoms with E-state index in [-0.39, 0.29) is 11.9 Å². The molecule has 7 nitrogen and oxygen atoms in total. The van der Waals surface area contributed by atoms with Crippen LogP contribution >= 0.6 is 0 Å². The van der Waals surface area contributed by atoms with Gasteiger partial charge < -0.3 is 19.3 Å². The van der Waals surface area contributed by atoms with Crippen molar-refractivity contribution in [3.63, 3.8) is 0 Å². The second kappa shape index (κ2) is 9.04. The van der Waals surface area contributed by atoms with E-state index in [1.165, 1.54) is 6.33 Å². The minimum Gasteiger partial charge on any atom is -0.497 e. The molecule has 160 valence electrons. The van der Waals surface area contributed by atoms with Gasteiger partial charge in [-0.1, -0.05) is 18.2 Å². The molecule has 1 aliphatic heterocycles. The molecule has 1 saturated heterocycles. The van der Waals surface area contributed by atoms with Crippen molar-refractivity contribution in [3.05, 3.63) is 72.1 Å². The van der Waals surface area contributed by atoms with Crippen LogP contribution in [0.15, 0.2) is 60.9 Å². The van der Waals surface area contributed by atoms with Gasteiger partial charge in [0, 0.05) is 37.3 Å². The van der Waals surface area contributed by atoms with Crippen molar-refractivity contribution in [1.29, 1.82) is 0 Å². The highest BCUT2D eigenvalue weighted by Gasteiger charge is 2.29. The van der Waals surface area contributed by atoms with E-state index in [2.05, 4.69) is 21.8 Å². The molecule has 1 aliphatic rings. The number of aryl methyl sites for hydroxylation is 1. The first-order valence-corrected chi connectivity index (χ1v) is 10.3. The lowest BCUT2D eigenvalue weighted by atomic mass is 10.1. The van der Waals surface area contributed by atoms with Gasteiger partial charge in [-0.05, 0) is 49.7 Å². The van der Waals surface area contributed by atoms with Gasteiger partial charge in [-0.2, -0.15) is 0 Å². The average Bonchev–Trinajstić information content (AvgIpc) is 2.80. The Morgan fingerprint density at radius 2 is 1.84 bits per heavy atom. The van der Waals surface area contributed by atoms with E-state index < -0.39 is 0 Å². The second-order valence-electron chi connectivity index (χ2n) is 7.60. The van der Waals surface area contributed by atoms with Crippen LogP contribution in [0.1, 0.15) is 22.8 Å². The van der Waals surface area contributed by atoms with Crippen molar-refractivity contribution in [2.24, 2.45) is 0 Å². The van der Waals surface area contributed by atoms with Crippen molar-refractivity contribution < 1.29 is 14.3 Å². The van der Waals surface area contributed by atoms with Crippen LogP contribution in [0.3, 0.4) is 0 Å². The first-order chi connectivity index (χ1) is 15.0. The Balaban J connectivity index is 1.43. The molecule has 2 heterocycles. The van der Waals surface area contributed by atoms with Crippen LogP contribution in [0.4, 0.5) is 5.82 Å². The van der Waals surface area contributed by atoms with E-state index in [0.717, 1.165) is 22.9 Å². The number of piperazine rings is 1. The van der Waals surface area contributed by atoms with Crippen LogP contribution in [-0.2, 0) is 0 Å². The summed E-state index contributed by atoms with van der Waals surface area (Å²) < 4.78 is 11.1. The maximum atomic E-state index is 13.0. The molecule has 0 aliphatic carbocycles. The zero-order chi connectivity index (χ0) is 21.8. The first kappa shape index (κ1) is 20.7. The van der Waals surface area contributed by atoms with Crippen LogP contribution in [0.25, 0.3) is 0 Å². The zero-order valence-corrected chi connectivity index (χ0v) is 18.0. The van der Waals surface area contributed by atoms with E-state index in [1.807, 2.05) is 54.3 Å². The van der Waals surface area contributed by atoms with E-state index in [9.17, 15) is 4.79 Å². The van der Waals surface area contributed by atoms with Crippen LogP contribution < -0.4 is 14.4 Å². The van der Waals surface area contributed by atoms with Crippen LogP contribution in [0, 0.1) is 6.92 Å². The number of nitrogens with zero attached hydrogens (tertiary/aromatic N) is 4. The number of carbonyl (C=O) groups excluding carboxylic acids is 1. The number of carbonyl (C=O) groups is 1. The number of aromatic nitrogens is 2. The van der Waals surface area contributed by atoms with Crippen molar-refractivity contribution >= 4 is 11.7 Å². The van der Waals surface area contributed by atoms with Gasteiger partial charge in [-0.25, -0.2) is 9.97 Å². The largest absolute Gasteiger partial charge is 0.497 e. The minimum atomic E-state index is 0.0288. The summed E-state index contributed by atoms with van der Waals surface area (Å²) in [6, 6.07) is 16.9. The Kier molecular flexibility index (Phi) is 6.02. The third-order valence-electron chi connectivity index (χ3n) is 5.48. The third kappa shape index (κ3) is 4.60. The monoisotopic (exact) mass is 418 g/mol. The highest BCUT2D eigenvalue weighted by atomic mass is 16.5. The standard InChI is InChI=1S/C24H26N4O3/c1-17-6-4-5-7-21(17)31-23-14-22(25-16-26-23)27-12-13-28(18(2)15-27)24(29)19-8-10-20(30-3)11-9-19/h4-11,14,16,18H,12-13,15H2,1-3H3. The predicted molar refractivity (Wildman–Crippen MR) is 119 cm³/mol. The molecule has 1 unspecified atom stereocenters. The first-order valence-electron chi connectivity index (χ1n) is 10.3. The Morgan fingerprint density at radius 1 is 1.06 bits per heavy atom. The third-order valence-corrected chi connectivity index (χ3v) is 5.48. The Morgan fingerprint density at radius 3 is 2.55 bits per heavy atom. The number of benzene rings is 2. The van der Waals surface area contributed by atoms with Crippen LogP contribution in [-0.4, -0.2) is 53.6 Å². The zero-order valence-electron chi connectivity index (χ0n) is 18.0. The molecule has 0 spiro atoms. The molecule has 1 aromatic heterocycles. The quantitative estimate of drug-likeness (QED) is 0.625. The highest BCUT2D eigenvalue weighted by Crippen LogP contribution is 2.26. The molecule has 0 bridgehead atoms. The molecule has 1 fully saturated rings. The summed E-state index contributed by atoms with van der Waals surface area (Å²) in [6.07, 6.45) is 1.52. The maximum absolute atomic E-state index is 13.0. The Hall–Kier alpha value is -3.61. The lowest BCUT2D eigenvalue weighted by molar-refractivity contribution is 0.0673. The van der Waals surface area contributed by atoms with Crippen molar-refractivity contribution in [1.82, 2.24) is 14.9 Å².